The number of rotatable bonds is 4. The summed E-state index contributed by atoms with van der Waals surface area (Å²) in [4.78, 5) is 12.8. The van der Waals surface area contributed by atoms with Crippen LogP contribution in [0.1, 0.15) is 15.9 Å². The SMILES string of the molecule is COc1cccc(C(=O)c2c(-c3ccc(F)cc3)n[nH]c2N)c1. The number of hydrogen-bond acceptors (Lipinski definition) is 4. The lowest BCUT2D eigenvalue weighted by molar-refractivity contribution is 0.104. The summed E-state index contributed by atoms with van der Waals surface area (Å²) in [7, 11) is 1.53. The third-order valence-electron chi connectivity index (χ3n) is 3.47. The van der Waals surface area contributed by atoms with Crippen molar-refractivity contribution in [3.8, 4) is 17.0 Å². The first-order valence-corrected chi connectivity index (χ1v) is 6.88. The first-order valence-electron chi connectivity index (χ1n) is 6.88. The summed E-state index contributed by atoms with van der Waals surface area (Å²) in [5, 5.41) is 6.69. The minimum absolute atomic E-state index is 0.164. The molecule has 0 bridgehead atoms. The molecule has 6 heteroatoms. The van der Waals surface area contributed by atoms with Crippen LogP contribution in [0.3, 0.4) is 0 Å². The molecule has 3 aromatic rings. The quantitative estimate of drug-likeness (QED) is 0.726. The van der Waals surface area contributed by atoms with Gasteiger partial charge in [0.2, 0.25) is 0 Å². The van der Waals surface area contributed by atoms with Gasteiger partial charge in [-0.15, -0.1) is 0 Å². The number of benzene rings is 2. The molecule has 116 valence electrons. The number of nitrogen functional groups attached to an aromatic ring is 1. The largest absolute Gasteiger partial charge is 0.497 e. The van der Waals surface area contributed by atoms with Crippen molar-refractivity contribution in [3.05, 3.63) is 65.5 Å². The van der Waals surface area contributed by atoms with E-state index >= 15 is 0 Å². The fraction of sp³-hybridized carbons (Fsp3) is 0.0588. The molecule has 1 heterocycles. The number of carbonyl (C=O) groups excluding carboxylic acids is 1. The Labute approximate surface area is 131 Å². The fourth-order valence-electron chi connectivity index (χ4n) is 2.31. The number of nitrogens with one attached hydrogen (secondary N) is 1. The standard InChI is InChI=1S/C17H14FN3O2/c1-23-13-4-2-3-11(9-13)16(22)14-15(20-21-17(14)19)10-5-7-12(18)8-6-10/h2-9H,1H3,(H3,19,20,21). The van der Waals surface area contributed by atoms with Crippen molar-refractivity contribution in [2.24, 2.45) is 0 Å². The summed E-state index contributed by atoms with van der Waals surface area (Å²) >= 11 is 0. The molecule has 0 saturated heterocycles. The molecule has 0 aliphatic carbocycles. The number of hydrogen-bond donors (Lipinski definition) is 2. The summed E-state index contributed by atoms with van der Waals surface area (Å²) in [6, 6.07) is 12.5. The number of nitrogens with zero attached hydrogens (tertiary/aromatic N) is 1. The van der Waals surface area contributed by atoms with Crippen LogP contribution >= 0.6 is 0 Å². The zero-order chi connectivity index (χ0) is 16.4. The van der Waals surface area contributed by atoms with Gasteiger partial charge in [0.15, 0.2) is 5.78 Å². The second-order valence-corrected chi connectivity index (χ2v) is 4.93. The fourth-order valence-corrected chi connectivity index (χ4v) is 2.31. The third-order valence-corrected chi connectivity index (χ3v) is 3.47. The number of anilines is 1. The van der Waals surface area contributed by atoms with E-state index in [0.717, 1.165) is 0 Å². The number of carbonyl (C=O) groups is 1. The van der Waals surface area contributed by atoms with Crippen molar-refractivity contribution in [1.29, 1.82) is 0 Å². The van der Waals surface area contributed by atoms with Crippen molar-refractivity contribution in [2.75, 3.05) is 12.8 Å². The first-order chi connectivity index (χ1) is 11.1. The molecule has 0 amide bonds. The molecule has 0 aliphatic rings. The second-order valence-electron chi connectivity index (χ2n) is 4.93. The highest BCUT2D eigenvalue weighted by atomic mass is 19.1. The van der Waals surface area contributed by atoms with Gasteiger partial charge in [0.1, 0.15) is 23.1 Å². The number of aromatic amines is 1. The van der Waals surface area contributed by atoms with Gasteiger partial charge in [-0.25, -0.2) is 4.39 Å². The Bertz CT molecular complexity index is 857. The molecular weight excluding hydrogens is 297 g/mol. The summed E-state index contributed by atoms with van der Waals surface area (Å²) in [6.45, 7) is 0. The molecular formula is C17H14FN3O2. The number of halogens is 1. The van der Waals surface area contributed by atoms with E-state index in [1.807, 2.05) is 0 Å². The van der Waals surface area contributed by atoms with Crippen molar-refractivity contribution in [1.82, 2.24) is 10.2 Å². The van der Waals surface area contributed by atoms with E-state index < -0.39 is 0 Å². The first kappa shape index (κ1) is 14.8. The Morgan fingerprint density at radius 3 is 2.65 bits per heavy atom. The molecule has 0 unspecified atom stereocenters. The maximum absolute atomic E-state index is 13.1. The molecule has 3 rings (SSSR count). The predicted molar refractivity (Wildman–Crippen MR) is 84.8 cm³/mol. The Hall–Kier alpha value is -3.15. The van der Waals surface area contributed by atoms with Crippen LogP contribution in [-0.2, 0) is 0 Å². The van der Waals surface area contributed by atoms with Gasteiger partial charge >= 0.3 is 0 Å². The van der Waals surface area contributed by atoms with E-state index in [-0.39, 0.29) is 23.0 Å². The van der Waals surface area contributed by atoms with Gasteiger partial charge in [0.25, 0.3) is 0 Å². The minimum Gasteiger partial charge on any atom is -0.497 e. The molecule has 3 N–H and O–H groups in total. The lowest BCUT2D eigenvalue weighted by atomic mass is 9.99. The summed E-state index contributed by atoms with van der Waals surface area (Å²) < 4.78 is 18.2. The molecule has 0 spiro atoms. The van der Waals surface area contributed by atoms with E-state index in [4.69, 9.17) is 10.5 Å². The van der Waals surface area contributed by atoms with Gasteiger partial charge in [0, 0.05) is 11.1 Å². The van der Waals surface area contributed by atoms with E-state index in [0.29, 0.717) is 22.6 Å². The number of H-pyrrole nitrogens is 1. The molecule has 0 aliphatic heterocycles. The number of methoxy groups -OCH3 is 1. The Morgan fingerprint density at radius 2 is 1.96 bits per heavy atom. The summed E-state index contributed by atoms with van der Waals surface area (Å²) in [5.41, 5.74) is 7.55. The number of ketones is 1. The van der Waals surface area contributed by atoms with Crippen LogP contribution in [0.4, 0.5) is 10.2 Å². The Morgan fingerprint density at radius 1 is 1.22 bits per heavy atom. The van der Waals surface area contributed by atoms with Crippen molar-refractivity contribution >= 4 is 11.6 Å². The van der Waals surface area contributed by atoms with Crippen LogP contribution in [-0.4, -0.2) is 23.1 Å². The lowest BCUT2D eigenvalue weighted by Crippen LogP contribution is -2.05. The molecule has 0 saturated carbocycles. The van der Waals surface area contributed by atoms with E-state index in [9.17, 15) is 9.18 Å². The van der Waals surface area contributed by atoms with Gasteiger partial charge in [-0.3, -0.25) is 9.89 Å². The monoisotopic (exact) mass is 311 g/mol. The van der Waals surface area contributed by atoms with Gasteiger partial charge < -0.3 is 10.5 Å². The van der Waals surface area contributed by atoms with Gasteiger partial charge in [-0.05, 0) is 36.4 Å². The van der Waals surface area contributed by atoms with Gasteiger partial charge in [-0.1, -0.05) is 12.1 Å². The van der Waals surface area contributed by atoms with Crippen molar-refractivity contribution in [2.45, 2.75) is 0 Å². The van der Waals surface area contributed by atoms with E-state index in [1.165, 1.54) is 19.2 Å². The summed E-state index contributed by atoms with van der Waals surface area (Å²) in [6.07, 6.45) is 0. The minimum atomic E-state index is -0.363. The lowest BCUT2D eigenvalue weighted by Gasteiger charge is -2.05. The van der Waals surface area contributed by atoms with Crippen LogP contribution in [0, 0.1) is 5.82 Å². The summed E-state index contributed by atoms with van der Waals surface area (Å²) in [5.74, 6) is 0.0887. The van der Waals surface area contributed by atoms with E-state index in [1.54, 1.807) is 36.4 Å². The molecule has 2 aromatic carbocycles. The smallest absolute Gasteiger partial charge is 0.199 e. The van der Waals surface area contributed by atoms with Crippen LogP contribution in [0.15, 0.2) is 48.5 Å². The number of ether oxygens (including phenoxy) is 1. The topological polar surface area (TPSA) is 81.0 Å². The molecule has 0 radical (unpaired) electrons. The van der Waals surface area contributed by atoms with Gasteiger partial charge in [-0.2, -0.15) is 5.10 Å². The van der Waals surface area contributed by atoms with E-state index in [2.05, 4.69) is 10.2 Å². The Balaban J connectivity index is 2.07. The average molecular weight is 311 g/mol. The molecule has 23 heavy (non-hydrogen) atoms. The second kappa shape index (κ2) is 5.92. The van der Waals surface area contributed by atoms with Crippen LogP contribution in [0.5, 0.6) is 5.75 Å². The van der Waals surface area contributed by atoms with Crippen molar-refractivity contribution < 1.29 is 13.9 Å². The molecule has 1 aromatic heterocycles. The Kier molecular flexibility index (Phi) is 3.80. The number of aromatic nitrogens is 2. The molecule has 0 fully saturated rings. The molecule has 5 nitrogen and oxygen atoms in total. The van der Waals surface area contributed by atoms with Crippen LogP contribution in [0.25, 0.3) is 11.3 Å². The highest BCUT2D eigenvalue weighted by Gasteiger charge is 2.21. The normalized spacial score (nSPS) is 10.5. The third kappa shape index (κ3) is 2.78. The molecule has 0 atom stereocenters. The van der Waals surface area contributed by atoms with Crippen LogP contribution in [0.2, 0.25) is 0 Å². The zero-order valence-corrected chi connectivity index (χ0v) is 12.3. The zero-order valence-electron chi connectivity index (χ0n) is 12.3. The van der Waals surface area contributed by atoms with Crippen molar-refractivity contribution in [3.63, 3.8) is 0 Å². The predicted octanol–water partition coefficient (Wildman–Crippen LogP) is 3.04. The van der Waals surface area contributed by atoms with Gasteiger partial charge in [0.05, 0.1) is 12.7 Å². The highest BCUT2D eigenvalue weighted by molar-refractivity contribution is 6.15. The highest BCUT2D eigenvalue weighted by Crippen LogP contribution is 2.28. The maximum atomic E-state index is 13.1. The number of nitrogens with two attached hydrogens (primary N) is 1. The maximum Gasteiger partial charge on any atom is 0.199 e. The average Bonchev–Trinajstić information content (AvgIpc) is 2.96. The van der Waals surface area contributed by atoms with Crippen LogP contribution < -0.4 is 10.5 Å².